The Morgan fingerprint density at radius 1 is 0.884 bits per heavy atom. The van der Waals surface area contributed by atoms with Crippen molar-refractivity contribution >= 4 is 23.4 Å². The molecule has 7 heteroatoms. The van der Waals surface area contributed by atoms with Gasteiger partial charge < -0.3 is 20.4 Å². The van der Waals surface area contributed by atoms with Crippen molar-refractivity contribution < 1.29 is 9.59 Å². The fourth-order valence-corrected chi connectivity index (χ4v) is 6.48. The Kier molecular flexibility index (Phi) is 11.7. The summed E-state index contributed by atoms with van der Waals surface area (Å²) >= 11 is 6.00. The van der Waals surface area contributed by atoms with Crippen LogP contribution in [0.15, 0.2) is 84.9 Å². The second-order valence-corrected chi connectivity index (χ2v) is 12.4. The Hall–Kier alpha value is -3.19. The predicted molar refractivity (Wildman–Crippen MR) is 174 cm³/mol. The molecule has 0 aromatic heterocycles. The van der Waals surface area contributed by atoms with Gasteiger partial charge in [0.15, 0.2) is 0 Å². The smallest absolute Gasteiger partial charge is 0.239 e. The normalized spacial score (nSPS) is 19.8. The number of hydrogen-bond donors (Lipinski definition) is 2. The van der Waals surface area contributed by atoms with E-state index in [0.717, 1.165) is 38.0 Å². The van der Waals surface area contributed by atoms with Crippen LogP contribution >= 0.6 is 11.6 Å². The number of halogens is 1. The highest BCUT2D eigenvalue weighted by Gasteiger charge is 2.33. The van der Waals surface area contributed by atoms with Gasteiger partial charge in [0.25, 0.3) is 0 Å². The van der Waals surface area contributed by atoms with Crippen molar-refractivity contribution in [2.24, 2.45) is 0 Å². The van der Waals surface area contributed by atoms with E-state index in [9.17, 15) is 9.59 Å². The number of hydrogen-bond acceptors (Lipinski definition) is 4. The molecule has 2 aliphatic rings. The SMILES string of the molecule is O=C(CCc1ccc(Cl)cc1)NCC1CCN(CC(c2ccccc2)c2ccccc2)C(=O)C(CCN2CCCCC2)N1. The molecule has 5 rings (SSSR count). The summed E-state index contributed by atoms with van der Waals surface area (Å²) in [6, 6.07) is 28.4. The third kappa shape index (κ3) is 9.40. The maximum absolute atomic E-state index is 14.1. The van der Waals surface area contributed by atoms with Gasteiger partial charge in [0.1, 0.15) is 0 Å². The van der Waals surface area contributed by atoms with E-state index in [1.165, 1.54) is 30.4 Å². The summed E-state index contributed by atoms with van der Waals surface area (Å²) < 4.78 is 0. The van der Waals surface area contributed by atoms with E-state index in [-0.39, 0.29) is 29.8 Å². The molecule has 2 N–H and O–H groups in total. The lowest BCUT2D eigenvalue weighted by Gasteiger charge is -2.31. The standard InChI is InChI=1S/C36H45ClN4O2/c37-31-17-14-28(15-18-31)16-19-35(42)38-26-32-20-25-41(36(43)34(39-32)21-24-40-22-8-3-9-23-40)27-33(29-10-4-1-5-11-29)30-12-6-2-7-13-30/h1-2,4-7,10-15,17-18,32-34,39H,3,8-9,16,19-27H2,(H,38,42). The summed E-state index contributed by atoms with van der Waals surface area (Å²) in [5.74, 6) is 0.297. The molecule has 0 aliphatic carbocycles. The third-order valence-electron chi connectivity index (χ3n) is 8.88. The second kappa shape index (κ2) is 16.0. The van der Waals surface area contributed by atoms with Gasteiger partial charge in [-0.25, -0.2) is 0 Å². The van der Waals surface area contributed by atoms with Crippen LogP contribution in [0.4, 0.5) is 0 Å². The molecule has 0 saturated carbocycles. The Morgan fingerprint density at radius 2 is 1.53 bits per heavy atom. The molecule has 0 radical (unpaired) electrons. The maximum Gasteiger partial charge on any atom is 0.239 e. The Labute approximate surface area is 261 Å². The highest BCUT2D eigenvalue weighted by atomic mass is 35.5. The Bertz CT molecular complexity index is 1240. The number of aryl methyl sites for hydroxylation is 1. The molecule has 2 aliphatic heterocycles. The van der Waals surface area contributed by atoms with E-state index in [1.54, 1.807) is 0 Å². The maximum atomic E-state index is 14.1. The molecule has 2 amide bonds. The van der Waals surface area contributed by atoms with Gasteiger partial charge in [-0.05, 0) is 74.0 Å². The summed E-state index contributed by atoms with van der Waals surface area (Å²) in [6.07, 6.45) is 6.43. The number of piperidine rings is 1. The van der Waals surface area contributed by atoms with E-state index in [1.807, 2.05) is 36.4 Å². The first-order valence-electron chi connectivity index (χ1n) is 15.9. The van der Waals surface area contributed by atoms with Crippen LogP contribution in [0.3, 0.4) is 0 Å². The summed E-state index contributed by atoms with van der Waals surface area (Å²) in [5, 5.41) is 7.52. The third-order valence-corrected chi connectivity index (χ3v) is 9.14. The molecule has 43 heavy (non-hydrogen) atoms. The number of amides is 2. The zero-order valence-corrected chi connectivity index (χ0v) is 25.9. The van der Waals surface area contributed by atoms with Crippen molar-refractivity contribution in [1.29, 1.82) is 0 Å². The zero-order valence-electron chi connectivity index (χ0n) is 25.1. The van der Waals surface area contributed by atoms with Crippen LogP contribution < -0.4 is 10.6 Å². The topological polar surface area (TPSA) is 64.7 Å². The second-order valence-electron chi connectivity index (χ2n) is 12.0. The van der Waals surface area contributed by atoms with E-state index < -0.39 is 0 Å². The minimum absolute atomic E-state index is 0.0299. The van der Waals surface area contributed by atoms with E-state index in [0.29, 0.717) is 37.5 Å². The van der Waals surface area contributed by atoms with Crippen LogP contribution in [0.2, 0.25) is 5.02 Å². The molecule has 0 spiro atoms. The predicted octanol–water partition coefficient (Wildman–Crippen LogP) is 5.66. The molecule has 3 aromatic rings. The molecule has 228 valence electrons. The van der Waals surface area contributed by atoms with E-state index >= 15 is 0 Å². The fraction of sp³-hybridized carbons (Fsp3) is 0.444. The van der Waals surface area contributed by atoms with Crippen LogP contribution in [-0.4, -0.2) is 73.0 Å². The van der Waals surface area contributed by atoms with Crippen molar-refractivity contribution in [3.05, 3.63) is 107 Å². The van der Waals surface area contributed by atoms with Gasteiger partial charge in [0.05, 0.1) is 6.04 Å². The molecule has 2 atom stereocenters. The summed E-state index contributed by atoms with van der Waals surface area (Å²) in [5.41, 5.74) is 3.53. The van der Waals surface area contributed by atoms with Crippen molar-refractivity contribution in [3.63, 3.8) is 0 Å². The van der Waals surface area contributed by atoms with E-state index in [4.69, 9.17) is 11.6 Å². The largest absolute Gasteiger partial charge is 0.355 e. The number of nitrogens with zero attached hydrogens (tertiary/aromatic N) is 2. The summed E-state index contributed by atoms with van der Waals surface area (Å²) in [4.78, 5) is 31.5. The number of rotatable bonds is 12. The van der Waals surface area contributed by atoms with Gasteiger partial charge in [0, 0.05) is 49.6 Å². The number of nitrogens with one attached hydrogen (secondary N) is 2. The first-order chi connectivity index (χ1) is 21.0. The lowest BCUT2D eigenvalue weighted by molar-refractivity contribution is -0.133. The van der Waals surface area contributed by atoms with Gasteiger partial charge in [-0.2, -0.15) is 0 Å². The summed E-state index contributed by atoms with van der Waals surface area (Å²) in [6.45, 7) is 4.95. The lowest BCUT2D eigenvalue weighted by Crippen LogP contribution is -2.50. The molecular formula is C36H45ClN4O2. The molecule has 2 saturated heterocycles. The average Bonchev–Trinajstić information content (AvgIpc) is 3.20. The summed E-state index contributed by atoms with van der Waals surface area (Å²) in [7, 11) is 0. The minimum Gasteiger partial charge on any atom is -0.355 e. The van der Waals surface area contributed by atoms with Crippen molar-refractivity contribution in [2.75, 3.05) is 39.3 Å². The number of benzene rings is 3. The Morgan fingerprint density at radius 3 is 2.19 bits per heavy atom. The fourth-order valence-electron chi connectivity index (χ4n) is 6.35. The van der Waals surface area contributed by atoms with Crippen LogP contribution in [0.1, 0.15) is 61.1 Å². The number of carbonyl (C=O) groups is 2. The van der Waals surface area contributed by atoms with Gasteiger partial charge in [-0.1, -0.05) is 90.8 Å². The van der Waals surface area contributed by atoms with Crippen molar-refractivity contribution in [1.82, 2.24) is 20.4 Å². The number of likely N-dealkylation sites (tertiary alicyclic amines) is 1. The quantitative estimate of drug-likeness (QED) is 0.282. The van der Waals surface area contributed by atoms with Crippen LogP contribution in [0.5, 0.6) is 0 Å². The van der Waals surface area contributed by atoms with Crippen LogP contribution in [0.25, 0.3) is 0 Å². The molecule has 2 fully saturated rings. The molecular weight excluding hydrogens is 556 g/mol. The first kappa shape index (κ1) is 31.2. The van der Waals surface area contributed by atoms with Crippen LogP contribution in [0, 0.1) is 0 Å². The zero-order chi connectivity index (χ0) is 29.9. The molecule has 2 heterocycles. The lowest BCUT2D eigenvalue weighted by atomic mass is 9.90. The van der Waals surface area contributed by atoms with Gasteiger partial charge in [-0.3, -0.25) is 9.59 Å². The van der Waals surface area contributed by atoms with Gasteiger partial charge in [-0.15, -0.1) is 0 Å². The average molecular weight is 601 g/mol. The van der Waals surface area contributed by atoms with E-state index in [2.05, 4.69) is 69.0 Å². The van der Waals surface area contributed by atoms with Crippen molar-refractivity contribution in [3.8, 4) is 0 Å². The van der Waals surface area contributed by atoms with Gasteiger partial charge >= 0.3 is 0 Å². The molecule has 2 unspecified atom stereocenters. The van der Waals surface area contributed by atoms with Crippen molar-refractivity contribution in [2.45, 2.75) is 62.9 Å². The molecule has 3 aromatic carbocycles. The highest BCUT2D eigenvalue weighted by molar-refractivity contribution is 6.30. The van der Waals surface area contributed by atoms with Crippen LogP contribution in [-0.2, 0) is 16.0 Å². The highest BCUT2D eigenvalue weighted by Crippen LogP contribution is 2.27. The monoisotopic (exact) mass is 600 g/mol. The first-order valence-corrected chi connectivity index (χ1v) is 16.3. The Balaban J connectivity index is 1.25. The molecule has 6 nitrogen and oxygen atoms in total. The molecule has 0 bridgehead atoms. The minimum atomic E-state index is -0.271. The van der Waals surface area contributed by atoms with Gasteiger partial charge in [0.2, 0.25) is 11.8 Å². The number of carbonyl (C=O) groups excluding carboxylic acids is 2.